The topological polar surface area (TPSA) is 107 Å². The molecular weight excluding hydrogens is 184 g/mol. The molecule has 0 aliphatic heterocycles. The van der Waals surface area contributed by atoms with Crippen LogP contribution >= 0.6 is 0 Å². The smallest absolute Gasteiger partial charge is 0.304 e. The van der Waals surface area contributed by atoms with Gasteiger partial charge in [0.15, 0.2) is 0 Å². The van der Waals surface area contributed by atoms with Gasteiger partial charge in [-0.1, -0.05) is 0 Å². The Hall–Kier alpha value is -1.13. The molecule has 0 saturated heterocycles. The molecular formula is C5H8N2O4S. The van der Waals surface area contributed by atoms with Gasteiger partial charge in [-0.3, -0.25) is 4.79 Å². The molecule has 12 heavy (non-hydrogen) atoms. The van der Waals surface area contributed by atoms with Crippen molar-refractivity contribution in [3.63, 3.8) is 0 Å². The number of sulfonamides is 1. The van der Waals surface area contributed by atoms with Crippen molar-refractivity contribution in [1.82, 2.24) is 4.72 Å². The maximum absolute atomic E-state index is 10.8. The summed E-state index contributed by atoms with van der Waals surface area (Å²) in [6, 6.07) is 1.57. The molecule has 0 rings (SSSR count). The molecule has 2 N–H and O–H groups in total. The van der Waals surface area contributed by atoms with Gasteiger partial charge in [-0.05, 0) is 0 Å². The highest BCUT2D eigenvalue weighted by Gasteiger charge is 2.11. The summed E-state index contributed by atoms with van der Waals surface area (Å²) in [5.74, 6) is -1.68. The maximum Gasteiger partial charge on any atom is 0.304 e. The lowest BCUT2D eigenvalue weighted by molar-refractivity contribution is -0.136. The van der Waals surface area contributed by atoms with Crippen LogP contribution in [0.2, 0.25) is 0 Å². The second-order valence-electron chi connectivity index (χ2n) is 1.94. The van der Waals surface area contributed by atoms with Crippen LogP contribution in [0.25, 0.3) is 0 Å². The van der Waals surface area contributed by atoms with E-state index in [4.69, 9.17) is 10.4 Å². The molecule has 0 atom stereocenters. The van der Waals surface area contributed by atoms with E-state index in [1.54, 1.807) is 6.07 Å². The fourth-order valence-corrected chi connectivity index (χ4v) is 1.31. The zero-order valence-electron chi connectivity index (χ0n) is 6.15. The number of carboxylic acids is 1. The SMILES string of the molecule is N#CCNS(=O)(=O)CCC(=O)O. The van der Waals surface area contributed by atoms with E-state index in [0.29, 0.717) is 0 Å². The van der Waals surface area contributed by atoms with Crippen molar-refractivity contribution < 1.29 is 18.3 Å². The molecule has 0 aromatic carbocycles. The summed E-state index contributed by atoms with van der Waals surface area (Å²) in [5, 5.41) is 16.2. The van der Waals surface area contributed by atoms with Crippen molar-refractivity contribution in [2.45, 2.75) is 6.42 Å². The molecule has 0 bridgehead atoms. The number of rotatable bonds is 5. The Morgan fingerprint density at radius 1 is 1.58 bits per heavy atom. The minimum Gasteiger partial charge on any atom is -0.481 e. The second-order valence-corrected chi connectivity index (χ2v) is 3.87. The van der Waals surface area contributed by atoms with E-state index in [1.165, 1.54) is 0 Å². The Morgan fingerprint density at radius 3 is 2.58 bits per heavy atom. The van der Waals surface area contributed by atoms with Crippen molar-refractivity contribution >= 4 is 16.0 Å². The molecule has 0 spiro atoms. The summed E-state index contributed by atoms with van der Waals surface area (Å²) in [5.41, 5.74) is 0. The van der Waals surface area contributed by atoms with Gasteiger partial charge in [-0.2, -0.15) is 5.26 Å². The molecule has 0 radical (unpaired) electrons. The zero-order chi connectivity index (χ0) is 9.61. The van der Waals surface area contributed by atoms with Gasteiger partial charge in [0, 0.05) is 0 Å². The Kier molecular flexibility index (Phi) is 4.25. The summed E-state index contributed by atoms with van der Waals surface area (Å²) < 4.78 is 23.4. The van der Waals surface area contributed by atoms with Crippen LogP contribution in [0.1, 0.15) is 6.42 Å². The minimum absolute atomic E-state index is 0.331. The maximum atomic E-state index is 10.8. The van der Waals surface area contributed by atoms with Gasteiger partial charge in [-0.15, -0.1) is 0 Å². The highest BCUT2D eigenvalue weighted by Crippen LogP contribution is 1.88. The predicted molar refractivity (Wildman–Crippen MR) is 39.7 cm³/mol. The molecule has 0 fully saturated rings. The third-order valence-corrected chi connectivity index (χ3v) is 2.28. The Bertz CT molecular complexity index is 289. The molecule has 0 aromatic rings. The lowest BCUT2D eigenvalue weighted by Gasteiger charge is -1.99. The lowest BCUT2D eigenvalue weighted by Crippen LogP contribution is -2.27. The second kappa shape index (κ2) is 4.69. The van der Waals surface area contributed by atoms with Gasteiger partial charge in [0.25, 0.3) is 0 Å². The van der Waals surface area contributed by atoms with Gasteiger partial charge in [-0.25, -0.2) is 13.1 Å². The third-order valence-electron chi connectivity index (χ3n) is 0.956. The first-order chi connectivity index (χ1) is 5.48. The van der Waals surface area contributed by atoms with Crippen LogP contribution in [0, 0.1) is 11.3 Å². The van der Waals surface area contributed by atoms with E-state index in [0.717, 1.165) is 0 Å². The number of hydrogen-bond donors (Lipinski definition) is 2. The molecule has 0 saturated carbocycles. The third kappa shape index (κ3) is 5.64. The number of hydrogen-bond acceptors (Lipinski definition) is 4. The normalized spacial score (nSPS) is 10.6. The minimum atomic E-state index is -3.59. The summed E-state index contributed by atoms with van der Waals surface area (Å²) in [6.07, 6.45) is -0.458. The van der Waals surface area contributed by atoms with E-state index in [9.17, 15) is 13.2 Å². The number of nitrogens with zero attached hydrogens (tertiary/aromatic N) is 1. The molecule has 0 aromatic heterocycles. The van der Waals surface area contributed by atoms with Crippen LogP contribution in [-0.2, 0) is 14.8 Å². The average Bonchev–Trinajstić information content (AvgIpc) is 1.98. The fraction of sp³-hybridized carbons (Fsp3) is 0.600. The fourth-order valence-electron chi connectivity index (χ4n) is 0.436. The van der Waals surface area contributed by atoms with Crippen molar-refractivity contribution in [2.75, 3.05) is 12.3 Å². The van der Waals surface area contributed by atoms with Crippen LogP contribution < -0.4 is 4.72 Å². The predicted octanol–water partition coefficient (Wildman–Crippen LogP) is -1.10. The molecule has 0 aliphatic carbocycles. The molecule has 0 amide bonds. The first-order valence-corrected chi connectivity index (χ1v) is 4.69. The molecule has 68 valence electrons. The lowest BCUT2D eigenvalue weighted by atomic mass is 10.5. The number of carboxylic acid groups (broad SMARTS) is 1. The summed E-state index contributed by atoms with van der Waals surface area (Å²) in [6.45, 7) is -0.331. The number of aliphatic carboxylic acids is 1. The van der Waals surface area contributed by atoms with Crippen LogP contribution in [0.3, 0.4) is 0 Å². The quantitative estimate of drug-likeness (QED) is 0.538. The van der Waals surface area contributed by atoms with Crippen LogP contribution in [0.5, 0.6) is 0 Å². The summed E-state index contributed by atoms with van der Waals surface area (Å²) in [7, 11) is -3.59. The average molecular weight is 192 g/mol. The van der Waals surface area contributed by atoms with Crippen molar-refractivity contribution in [2.24, 2.45) is 0 Å². The Morgan fingerprint density at radius 2 is 2.17 bits per heavy atom. The van der Waals surface area contributed by atoms with E-state index >= 15 is 0 Å². The molecule has 7 heteroatoms. The van der Waals surface area contributed by atoms with Crippen molar-refractivity contribution in [3.8, 4) is 6.07 Å². The molecule has 0 aliphatic rings. The van der Waals surface area contributed by atoms with E-state index < -0.39 is 28.2 Å². The Labute approximate surface area is 69.9 Å². The van der Waals surface area contributed by atoms with Crippen LogP contribution in [-0.4, -0.2) is 31.8 Å². The molecule has 0 heterocycles. The molecule has 0 unspecified atom stereocenters. The molecule has 6 nitrogen and oxygen atoms in total. The number of nitrogens with one attached hydrogen (secondary N) is 1. The summed E-state index contributed by atoms with van der Waals surface area (Å²) in [4.78, 5) is 9.96. The van der Waals surface area contributed by atoms with Gasteiger partial charge in [0.1, 0.15) is 0 Å². The van der Waals surface area contributed by atoms with Gasteiger partial charge < -0.3 is 5.11 Å². The first kappa shape index (κ1) is 10.9. The largest absolute Gasteiger partial charge is 0.481 e. The van der Waals surface area contributed by atoms with E-state index in [-0.39, 0.29) is 6.54 Å². The standard InChI is InChI=1S/C5H8N2O4S/c6-2-3-7-12(10,11)4-1-5(8)9/h7H,1,3-4H2,(H,8,9). The van der Waals surface area contributed by atoms with Crippen molar-refractivity contribution in [3.05, 3.63) is 0 Å². The van der Waals surface area contributed by atoms with Gasteiger partial charge in [0.05, 0.1) is 24.8 Å². The monoisotopic (exact) mass is 192 g/mol. The number of carbonyl (C=O) groups is 1. The Balaban J connectivity index is 3.91. The summed E-state index contributed by atoms with van der Waals surface area (Å²) >= 11 is 0. The van der Waals surface area contributed by atoms with E-state index in [2.05, 4.69) is 0 Å². The zero-order valence-corrected chi connectivity index (χ0v) is 6.97. The van der Waals surface area contributed by atoms with Crippen LogP contribution in [0.4, 0.5) is 0 Å². The highest BCUT2D eigenvalue weighted by molar-refractivity contribution is 7.89. The first-order valence-electron chi connectivity index (χ1n) is 3.04. The van der Waals surface area contributed by atoms with Crippen LogP contribution in [0.15, 0.2) is 0 Å². The highest BCUT2D eigenvalue weighted by atomic mass is 32.2. The van der Waals surface area contributed by atoms with Gasteiger partial charge >= 0.3 is 5.97 Å². The van der Waals surface area contributed by atoms with Gasteiger partial charge in [0.2, 0.25) is 10.0 Å². The van der Waals surface area contributed by atoms with Crippen molar-refractivity contribution in [1.29, 1.82) is 5.26 Å². The van der Waals surface area contributed by atoms with E-state index in [1.807, 2.05) is 4.72 Å². The number of nitriles is 1.